The Kier molecular flexibility index (Phi) is 2.83. The second-order valence-electron chi connectivity index (χ2n) is 3.57. The summed E-state index contributed by atoms with van der Waals surface area (Å²) in [6, 6.07) is 6.17. The van der Waals surface area contributed by atoms with Gasteiger partial charge in [0.2, 0.25) is 0 Å². The number of nitrogens with zero attached hydrogens (tertiary/aromatic N) is 1. The van der Waals surface area contributed by atoms with Crippen molar-refractivity contribution in [3.05, 3.63) is 56.7 Å². The Hall–Kier alpha value is -1.55. The van der Waals surface area contributed by atoms with Gasteiger partial charge in [0.05, 0.1) is 12.1 Å². The summed E-state index contributed by atoms with van der Waals surface area (Å²) in [5.41, 5.74) is 0.993. The first-order valence-electron chi connectivity index (χ1n) is 4.77. The number of aromatic amines is 1. The first kappa shape index (κ1) is 11.0. The lowest BCUT2D eigenvalue weighted by Gasteiger charge is -2.04. The Morgan fingerprint density at radius 2 is 2.25 bits per heavy atom. The maximum Gasteiger partial charge on any atom is 0.268 e. The van der Waals surface area contributed by atoms with E-state index < -0.39 is 0 Å². The monoisotopic (exact) mass is 240 g/mol. The van der Waals surface area contributed by atoms with Crippen LogP contribution >= 0.6 is 11.6 Å². The second kappa shape index (κ2) is 4.14. The van der Waals surface area contributed by atoms with Crippen LogP contribution in [0.1, 0.15) is 11.1 Å². The van der Waals surface area contributed by atoms with Crippen LogP contribution in [-0.4, -0.2) is 9.78 Å². The normalized spacial score (nSPS) is 10.7. The van der Waals surface area contributed by atoms with Crippen molar-refractivity contribution in [3.8, 4) is 0 Å². The average Bonchev–Trinajstić information content (AvgIpc) is 2.47. The highest BCUT2D eigenvalue weighted by Gasteiger charge is 2.08. The number of halogens is 2. The zero-order chi connectivity index (χ0) is 11.7. The van der Waals surface area contributed by atoms with Gasteiger partial charge in [0.25, 0.3) is 5.56 Å². The van der Waals surface area contributed by atoms with Crippen LogP contribution in [0.2, 0.25) is 5.15 Å². The van der Waals surface area contributed by atoms with E-state index in [4.69, 9.17) is 11.6 Å². The summed E-state index contributed by atoms with van der Waals surface area (Å²) >= 11 is 5.94. The Morgan fingerprint density at radius 3 is 2.81 bits per heavy atom. The van der Waals surface area contributed by atoms with Gasteiger partial charge in [-0.2, -0.15) is 0 Å². The van der Waals surface area contributed by atoms with E-state index in [9.17, 15) is 9.18 Å². The molecule has 2 rings (SSSR count). The summed E-state index contributed by atoms with van der Waals surface area (Å²) in [7, 11) is 0. The molecule has 16 heavy (non-hydrogen) atoms. The summed E-state index contributed by atoms with van der Waals surface area (Å²) < 4.78 is 14.4. The van der Waals surface area contributed by atoms with Gasteiger partial charge in [-0.25, -0.2) is 4.39 Å². The average molecular weight is 241 g/mol. The summed E-state index contributed by atoms with van der Waals surface area (Å²) in [5.74, 6) is -0.306. The molecule has 5 heteroatoms. The molecule has 0 aliphatic heterocycles. The van der Waals surface area contributed by atoms with E-state index in [0.29, 0.717) is 17.3 Å². The van der Waals surface area contributed by atoms with Gasteiger partial charge >= 0.3 is 0 Å². The molecule has 3 nitrogen and oxygen atoms in total. The molecule has 1 N–H and O–H groups in total. The van der Waals surface area contributed by atoms with E-state index in [1.165, 1.54) is 16.8 Å². The second-order valence-corrected chi connectivity index (χ2v) is 3.93. The molecule has 0 unspecified atom stereocenters. The van der Waals surface area contributed by atoms with Crippen molar-refractivity contribution in [1.29, 1.82) is 0 Å². The molecule has 0 aliphatic carbocycles. The molecule has 0 bridgehead atoms. The largest absolute Gasteiger partial charge is 0.269 e. The molecule has 0 saturated carbocycles. The summed E-state index contributed by atoms with van der Waals surface area (Å²) in [5, 5.41) is 2.94. The minimum atomic E-state index is -0.306. The molecular formula is C11H10ClFN2O. The smallest absolute Gasteiger partial charge is 0.268 e. The minimum absolute atomic E-state index is 0.221. The molecule has 0 atom stereocenters. The van der Waals surface area contributed by atoms with Gasteiger partial charge < -0.3 is 0 Å². The van der Waals surface area contributed by atoms with Crippen LogP contribution in [0.5, 0.6) is 0 Å². The zero-order valence-corrected chi connectivity index (χ0v) is 9.38. The molecule has 1 aromatic heterocycles. The zero-order valence-electron chi connectivity index (χ0n) is 8.63. The fraction of sp³-hybridized carbons (Fsp3) is 0.182. The van der Waals surface area contributed by atoms with Crippen LogP contribution in [0.25, 0.3) is 0 Å². The first-order chi connectivity index (χ1) is 7.58. The lowest BCUT2D eigenvalue weighted by atomic mass is 10.2. The quantitative estimate of drug-likeness (QED) is 0.860. The molecule has 1 heterocycles. The standard InChI is InChI=1S/C11H10ClFN2O/c1-7-10(12)15(14-11(7)16)6-8-3-2-4-9(13)5-8/h2-5H,6H2,1H3,(H,14,16). The Balaban J connectivity index is 2.34. The number of nitrogens with one attached hydrogen (secondary N) is 1. The SMILES string of the molecule is Cc1c(Cl)n(Cc2cccc(F)c2)[nH]c1=O. The molecule has 1 aromatic carbocycles. The molecule has 0 aliphatic rings. The predicted molar refractivity (Wildman–Crippen MR) is 60.3 cm³/mol. The minimum Gasteiger partial charge on any atom is -0.269 e. The third-order valence-corrected chi connectivity index (χ3v) is 2.84. The molecule has 84 valence electrons. The third-order valence-electron chi connectivity index (χ3n) is 2.35. The van der Waals surface area contributed by atoms with Crippen molar-refractivity contribution in [2.45, 2.75) is 13.5 Å². The molecule has 0 fully saturated rings. The highest BCUT2D eigenvalue weighted by Crippen LogP contribution is 2.13. The predicted octanol–water partition coefficient (Wildman–Crippen LogP) is 2.33. The van der Waals surface area contributed by atoms with Crippen molar-refractivity contribution in [2.75, 3.05) is 0 Å². The third kappa shape index (κ3) is 2.02. The van der Waals surface area contributed by atoms with E-state index in [2.05, 4.69) is 5.10 Å². The van der Waals surface area contributed by atoms with Gasteiger partial charge in [-0.3, -0.25) is 14.6 Å². The van der Waals surface area contributed by atoms with Crippen LogP contribution in [0.15, 0.2) is 29.1 Å². The number of hydrogen-bond donors (Lipinski definition) is 1. The fourth-order valence-electron chi connectivity index (χ4n) is 1.48. The maximum atomic E-state index is 12.9. The van der Waals surface area contributed by atoms with Gasteiger partial charge in [0, 0.05) is 0 Å². The van der Waals surface area contributed by atoms with Crippen LogP contribution in [0, 0.1) is 12.7 Å². The summed E-state index contributed by atoms with van der Waals surface area (Å²) in [6.45, 7) is 1.99. The highest BCUT2D eigenvalue weighted by atomic mass is 35.5. The van der Waals surface area contributed by atoms with Crippen molar-refractivity contribution in [1.82, 2.24) is 9.78 Å². The van der Waals surface area contributed by atoms with Crippen LogP contribution < -0.4 is 5.56 Å². The summed E-state index contributed by atoms with van der Waals surface area (Å²) in [6.07, 6.45) is 0. The van der Waals surface area contributed by atoms with Crippen LogP contribution in [0.3, 0.4) is 0 Å². The number of aromatic nitrogens is 2. The Morgan fingerprint density at radius 1 is 1.50 bits per heavy atom. The molecule has 2 aromatic rings. The highest BCUT2D eigenvalue weighted by molar-refractivity contribution is 6.30. The summed E-state index contributed by atoms with van der Waals surface area (Å²) in [4.78, 5) is 11.3. The van der Waals surface area contributed by atoms with E-state index in [0.717, 1.165) is 5.56 Å². The van der Waals surface area contributed by atoms with E-state index >= 15 is 0 Å². The Bertz CT molecular complexity index is 574. The van der Waals surface area contributed by atoms with Crippen molar-refractivity contribution < 1.29 is 4.39 Å². The van der Waals surface area contributed by atoms with Crippen LogP contribution in [0.4, 0.5) is 4.39 Å². The molecule has 0 spiro atoms. The number of benzene rings is 1. The van der Waals surface area contributed by atoms with Gasteiger partial charge in [0.15, 0.2) is 0 Å². The van der Waals surface area contributed by atoms with Crippen molar-refractivity contribution in [2.24, 2.45) is 0 Å². The number of hydrogen-bond acceptors (Lipinski definition) is 1. The first-order valence-corrected chi connectivity index (χ1v) is 5.15. The molecule has 0 saturated heterocycles. The number of rotatable bonds is 2. The molecular weight excluding hydrogens is 231 g/mol. The van der Waals surface area contributed by atoms with Gasteiger partial charge in [-0.15, -0.1) is 0 Å². The van der Waals surface area contributed by atoms with Crippen molar-refractivity contribution in [3.63, 3.8) is 0 Å². The lowest BCUT2D eigenvalue weighted by Crippen LogP contribution is -2.07. The van der Waals surface area contributed by atoms with E-state index in [-0.39, 0.29) is 11.4 Å². The van der Waals surface area contributed by atoms with Gasteiger partial charge in [0.1, 0.15) is 11.0 Å². The lowest BCUT2D eigenvalue weighted by molar-refractivity contribution is 0.618. The van der Waals surface area contributed by atoms with E-state index in [1.807, 2.05) is 0 Å². The number of H-pyrrole nitrogens is 1. The Labute approximate surface area is 96.5 Å². The van der Waals surface area contributed by atoms with E-state index in [1.54, 1.807) is 19.1 Å². The maximum absolute atomic E-state index is 12.9. The van der Waals surface area contributed by atoms with Crippen LogP contribution in [-0.2, 0) is 6.54 Å². The van der Waals surface area contributed by atoms with Gasteiger partial charge in [-0.1, -0.05) is 23.7 Å². The van der Waals surface area contributed by atoms with Gasteiger partial charge in [-0.05, 0) is 24.6 Å². The topological polar surface area (TPSA) is 37.8 Å². The fourth-order valence-corrected chi connectivity index (χ4v) is 1.67. The molecule has 0 amide bonds. The van der Waals surface area contributed by atoms with Crippen molar-refractivity contribution >= 4 is 11.6 Å². The molecule has 0 radical (unpaired) electrons.